The van der Waals surface area contributed by atoms with Gasteiger partial charge in [0.25, 0.3) is 0 Å². The van der Waals surface area contributed by atoms with Gasteiger partial charge in [-0.05, 0) is 31.6 Å². The molecule has 1 amide bonds. The van der Waals surface area contributed by atoms with E-state index in [1.807, 2.05) is 13.0 Å². The highest BCUT2D eigenvalue weighted by atomic mass is 16.3. The van der Waals surface area contributed by atoms with E-state index < -0.39 is 0 Å². The SMILES string of the molecule is CCCCCC(C)NC(=O)C=Cc1ccco1. The molecule has 0 radical (unpaired) electrons. The Bertz CT molecular complexity index is 341. The Kier molecular flexibility index (Phi) is 6.15. The summed E-state index contributed by atoms with van der Waals surface area (Å²) >= 11 is 0. The van der Waals surface area contributed by atoms with Gasteiger partial charge in [-0.25, -0.2) is 0 Å². The van der Waals surface area contributed by atoms with E-state index in [1.165, 1.54) is 25.3 Å². The molecule has 0 aliphatic carbocycles. The van der Waals surface area contributed by atoms with E-state index >= 15 is 0 Å². The second-order valence-corrected chi connectivity index (χ2v) is 4.25. The van der Waals surface area contributed by atoms with E-state index in [-0.39, 0.29) is 11.9 Å². The fraction of sp³-hybridized carbons (Fsp3) is 0.500. The van der Waals surface area contributed by atoms with E-state index in [1.54, 1.807) is 18.4 Å². The molecule has 3 nitrogen and oxygen atoms in total. The number of unbranched alkanes of at least 4 members (excludes halogenated alkanes) is 2. The van der Waals surface area contributed by atoms with E-state index in [4.69, 9.17) is 4.42 Å². The van der Waals surface area contributed by atoms with Crippen LogP contribution in [0.1, 0.15) is 45.3 Å². The molecule has 0 bridgehead atoms. The summed E-state index contributed by atoms with van der Waals surface area (Å²) in [7, 11) is 0. The molecule has 17 heavy (non-hydrogen) atoms. The molecule has 0 saturated carbocycles. The Hall–Kier alpha value is -1.51. The molecule has 94 valence electrons. The average molecular weight is 235 g/mol. The maximum atomic E-state index is 11.5. The highest BCUT2D eigenvalue weighted by Gasteiger charge is 2.03. The van der Waals surface area contributed by atoms with Crippen LogP contribution in [0, 0.1) is 0 Å². The molecule has 1 N–H and O–H groups in total. The quantitative estimate of drug-likeness (QED) is 0.581. The highest BCUT2D eigenvalue weighted by Crippen LogP contribution is 2.04. The molecule has 1 heterocycles. The van der Waals surface area contributed by atoms with Gasteiger partial charge >= 0.3 is 0 Å². The Morgan fingerprint density at radius 3 is 3.00 bits per heavy atom. The molecule has 0 aliphatic rings. The lowest BCUT2D eigenvalue weighted by atomic mass is 10.1. The average Bonchev–Trinajstić information content (AvgIpc) is 2.79. The summed E-state index contributed by atoms with van der Waals surface area (Å²) in [6.07, 6.45) is 9.41. The number of carbonyl (C=O) groups excluding carboxylic acids is 1. The molecule has 1 unspecified atom stereocenters. The fourth-order valence-corrected chi connectivity index (χ4v) is 1.61. The van der Waals surface area contributed by atoms with Gasteiger partial charge in [0.05, 0.1) is 6.26 Å². The summed E-state index contributed by atoms with van der Waals surface area (Å²) in [5.41, 5.74) is 0. The van der Waals surface area contributed by atoms with Crippen molar-refractivity contribution in [2.75, 3.05) is 0 Å². The zero-order chi connectivity index (χ0) is 12.5. The molecule has 1 aromatic rings. The minimum absolute atomic E-state index is 0.0644. The molecule has 1 rings (SSSR count). The number of nitrogens with one attached hydrogen (secondary N) is 1. The Morgan fingerprint density at radius 2 is 2.35 bits per heavy atom. The first kappa shape index (κ1) is 13.6. The van der Waals surface area contributed by atoms with Crippen molar-refractivity contribution < 1.29 is 9.21 Å². The number of hydrogen-bond acceptors (Lipinski definition) is 2. The third-order valence-electron chi connectivity index (χ3n) is 2.57. The first-order valence-corrected chi connectivity index (χ1v) is 6.24. The van der Waals surface area contributed by atoms with Crippen LogP contribution >= 0.6 is 0 Å². The number of rotatable bonds is 7. The van der Waals surface area contributed by atoms with Gasteiger partial charge in [-0.1, -0.05) is 26.2 Å². The van der Waals surface area contributed by atoms with Crippen molar-refractivity contribution in [3.63, 3.8) is 0 Å². The van der Waals surface area contributed by atoms with Crippen LogP contribution in [-0.4, -0.2) is 11.9 Å². The third kappa shape index (κ3) is 5.95. The molecule has 0 spiro atoms. The van der Waals surface area contributed by atoms with Crippen molar-refractivity contribution in [2.45, 2.75) is 45.6 Å². The van der Waals surface area contributed by atoms with Crippen molar-refractivity contribution in [3.8, 4) is 0 Å². The molecule has 0 fully saturated rings. The number of carbonyl (C=O) groups is 1. The smallest absolute Gasteiger partial charge is 0.244 e. The van der Waals surface area contributed by atoms with Crippen LogP contribution in [0.25, 0.3) is 6.08 Å². The van der Waals surface area contributed by atoms with Gasteiger partial charge in [0, 0.05) is 12.1 Å². The van der Waals surface area contributed by atoms with E-state index in [2.05, 4.69) is 12.2 Å². The lowest BCUT2D eigenvalue weighted by Crippen LogP contribution is -2.30. The van der Waals surface area contributed by atoms with E-state index in [0.717, 1.165) is 6.42 Å². The van der Waals surface area contributed by atoms with Crippen molar-refractivity contribution in [1.29, 1.82) is 0 Å². The summed E-state index contributed by atoms with van der Waals surface area (Å²) < 4.78 is 5.10. The first-order valence-electron chi connectivity index (χ1n) is 6.24. The molecular formula is C14H21NO2. The van der Waals surface area contributed by atoms with Crippen molar-refractivity contribution in [2.24, 2.45) is 0 Å². The second kappa shape index (κ2) is 7.71. The molecule has 0 saturated heterocycles. The Morgan fingerprint density at radius 1 is 1.53 bits per heavy atom. The maximum Gasteiger partial charge on any atom is 0.244 e. The van der Waals surface area contributed by atoms with Gasteiger partial charge in [0.1, 0.15) is 5.76 Å². The normalized spacial score (nSPS) is 12.8. The highest BCUT2D eigenvalue weighted by molar-refractivity contribution is 5.91. The van der Waals surface area contributed by atoms with Gasteiger partial charge < -0.3 is 9.73 Å². The Balaban J connectivity index is 2.24. The minimum Gasteiger partial charge on any atom is -0.465 e. The van der Waals surface area contributed by atoms with Crippen LogP contribution in [0.2, 0.25) is 0 Å². The topological polar surface area (TPSA) is 42.2 Å². The zero-order valence-corrected chi connectivity index (χ0v) is 10.6. The maximum absolute atomic E-state index is 11.5. The lowest BCUT2D eigenvalue weighted by molar-refractivity contribution is -0.117. The summed E-state index contributed by atoms with van der Waals surface area (Å²) in [4.78, 5) is 11.5. The number of amides is 1. The summed E-state index contributed by atoms with van der Waals surface area (Å²) in [6, 6.07) is 3.84. The van der Waals surface area contributed by atoms with Crippen LogP contribution in [-0.2, 0) is 4.79 Å². The third-order valence-corrected chi connectivity index (χ3v) is 2.57. The largest absolute Gasteiger partial charge is 0.465 e. The van der Waals surface area contributed by atoms with Gasteiger partial charge in [-0.15, -0.1) is 0 Å². The lowest BCUT2D eigenvalue weighted by Gasteiger charge is -2.11. The van der Waals surface area contributed by atoms with Gasteiger partial charge in [0.15, 0.2) is 0 Å². The van der Waals surface area contributed by atoms with Crippen LogP contribution in [0.3, 0.4) is 0 Å². The van der Waals surface area contributed by atoms with Crippen molar-refractivity contribution in [3.05, 3.63) is 30.2 Å². The predicted molar refractivity (Wildman–Crippen MR) is 69.5 cm³/mol. The van der Waals surface area contributed by atoms with Crippen molar-refractivity contribution >= 4 is 12.0 Å². The Labute approximate surface area is 103 Å². The molecular weight excluding hydrogens is 214 g/mol. The zero-order valence-electron chi connectivity index (χ0n) is 10.6. The molecule has 1 aromatic heterocycles. The van der Waals surface area contributed by atoms with E-state index in [9.17, 15) is 4.79 Å². The fourth-order valence-electron chi connectivity index (χ4n) is 1.61. The molecule has 1 atom stereocenters. The van der Waals surface area contributed by atoms with Gasteiger partial charge in [-0.2, -0.15) is 0 Å². The van der Waals surface area contributed by atoms with Gasteiger partial charge in [0.2, 0.25) is 5.91 Å². The molecule has 0 aromatic carbocycles. The number of furan rings is 1. The standard InChI is InChI=1S/C14H21NO2/c1-3-4-5-7-12(2)15-14(16)10-9-13-8-6-11-17-13/h6,8-12H,3-5,7H2,1-2H3,(H,15,16). The first-order chi connectivity index (χ1) is 8.22. The molecule has 0 aliphatic heterocycles. The van der Waals surface area contributed by atoms with Crippen LogP contribution in [0.5, 0.6) is 0 Å². The monoisotopic (exact) mass is 235 g/mol. The minimum atomic E-state index is -0.0644. The second-order valence-electron chi connectivity index (χ2n) is 4.25. The van der Waals surface area contributed by atoms with Crippen molar-refractivity contribution in [1.82, 2.24) is 5.32 Å². The summed E-state index contributed by atoms with van der Waals surface area (Å²) in [5, 5.41) is 2.93. The molecule has 3 heteroatoms. The number of hydrogen-bond donors (Lipinski definition) is 1. The van der Waals surface area contributed by atoms with Gasteiger partial charge in [-0.3, -0.25) is 4.79 Å². The summed E-state index contributed by atoms with van der Waals surface area (Å²) in [6.45, 7) is 4.21. The van der Waals surface area contributed by atoms with Crippen LogP contribution < -0.4 is 5.32 Å². The summed E-state index contributed by atoms with van der Waals surface area (Å²) in [5.74, 6) is 0.629. The van der Waals surface area contributed by atoms with E-state index in [0.29, 0.717) is 5.76 Å². The van der Waals surface area contributed by atoms with Crippen LogP contribution in [0.15, 0.2) is 28.9 Å². The van der Waals surface area contributed by atoms with Crippen LogP contribution in [0.4, 0.5) is 0 Å². The predicted octanol–water partition coefficient (Wildman–Crippen LogP) is 3.38.